The molecule has 0 amide bonds. The molecule has 2 aromatic rings. The molecular formula is C22H30N6O2S. The van der Waals surface area contributed by atoms with E-state index in [1.807, 2.05) is 12.1 Å². The van der Waals surface area contributed by atoms with Gasteiger partial charge in [0.1, 0.15) is 12.1 Å². The second kappa shape index (κ2) is 8.91. The minimum Gasteiger partial charge on any atom is -0.598 e. The van der Waals surface area contributed by atoms with E-state index in [9.17, 15) is 4.55 Å². The van der Waals surface area contributed by atoms with Crippen LogP contribution < -0.4 is 15.8 Å². The molecule has 0 spiro atoms. The number of benzene rings is 1. The van der Waals surface area contributed by atoms with Crippen molar-refractivity contribution in [3.8, 4) is 11.4 Å². The predicted molar refractivity (Wildman–Crippen MR) is 123 cm³/mol. The van der Waals surface area contributed by atoms with Gasteiger partial charge in [-0.25, -0.2) is 15.4 Å². The maximum absolute atomic E-state index is 12.5. The van der Waals surface area contributed by atoms with E-state index in [-0.39, 0.29) is 6.04 Å². The van der Waals surface area contributed by atoms with Crippen LogP contribution in [0.25, 0.3) is 11.4 Å². The number of hydrazine groups is 1. The number of aromatic nitrogens is 2. The molecule has 3 unspecified atom stereocenters. The van der Waals surface area contributed by atoms with Crippen molar-refractivity contribution in [2.45, 2.75) is 38.3 Å². The van der Waals surface area contributed by atoms with Gasteiger partial charge in [0.05, 0.1) is 31.0 Å². The molecule has 2 N–H and O–H groups in total. The highest BCUT2D eigenvalue weighted by Crippen LogP contribution is 2.48. The molecule has 3 aliphatic heterocycles. The van der Waals surface area contributed by atoms with Crippen molar-refractivity contribution in [1.82, 2.24) is 19.7 Å². The van der Waals surface area contributed by atoms with E-state index in [0.717, 1.165) is 67.5 Å². The van der Waals surface area contributed by atoms with Gasteiger partial charge in [-0.2, -0.15) is 0 Å². The Kier molecular flexibility index (Phi) is 6.03. The topological polar surface area (TPSA) is 88.6 Å². The van der Waals surface area contributed by atoms with Gasteiger partial charge in [0.25, 0.3) is 0 Å². The molecule has 2 bridgehead atoms. The number of nitrogens with one attached hydrogen (secondary N) is 2. The van der Waals surface area contributed by atoms with Crippen LogP contribution in [0.4, 0.5) is 11.5 Å². The molecule has 166 valence electrons. The lowest BCUT2D eigenvalue weighted by atomic mass is 9.99. The average molecular weight is 443 g/mol. The van der Waals surface area contributed by atoms with Crippen molar-refractivity contribution < 1.29 is 9.29 Å². The zero-order chi connectivity index (χ0) is 21.4. The molecule has 31 heavy (non-hydrogen) atoms. The number of nitrogens with zero attached hydrogens (tertiary/aromatic N) is 4. The Balaban J connectivity index is 1.55. The number of morpholine rings is 1. The van der Waals surface area contributed by atoms with E-state index in [1.165, 1.54) is 5.56 Å². The summed E-state index contributed by atoms with van der Waals surface area (Å²) < 4.78 is 20.3. The van der Waals surface area contributed by atoms with Crippen LogP contribution in [0.1, 0.15) is 37.1 Å². The quantitative estimate of drug-likeness (QED) is 0.520. The molecular weight excluding hydrogens is 412 g/mol. The summed E-state index contributed by atoms with van der Waals surface area (Å²) in [7, 11) is 0. The fraction of sp³-hybridized carbons (Fsp3) is 0.545. The number of anilines is 2. The van der Waals surface area contributed by atoms with Gasteiger partial charge < -0.3 is 19.6 Å². The van der Waals surface area contributed by atoms with Crippen LogP contribution in [-0.4, -0.2) is 64.0 Å². The van der Waals surface area contributed by atoms with Gasteiger partial charge in [0, 0.05) is 54.2 Å². The number of ether oxygens (including phenoxy) is 1. The van der Waals surface area contributed by atoms with Gasteiger partial charge in [0.2, 0.25) is 0 Å². The first-order chi connectivity index (χ1) is 15.2. The van der Waals surface area contributed by atoms with Gasteiger partial charge in [-0.05, 0) is 37.1 Å². The largest absolute Gasteiger partial charge is 0.598 e. The molecule has 9 heteroatoms. The van der Waals surface area contributed by atoms with Crippen LogP contribution in [0, 0.1) is 0 Å². The van der Waals surface area contributed by atoms with Crippen LogP contribution >= 0.6 is 0 Å². The van der Waals surface area contributed by atoms with Crippen LogP contribution in [-0.2, 0) is 22.5 Å². The second-order valence-corrected chi connectivity index (χ2v) is 9.57. The molecule has 3 atom stereocenters. The van der Waals surface area contributed by atoms with Gasteiger partial charge in [0.15, 0.2) is 5.82 Å². The van der Waals surface area contributed by atoms with Crippen LogP contribution in [0.2, 0.25) is 0 Å². The summed E-state index contributed by atoms with van der Waals surface area (Å²) in [6, 6.07) is 8.65. The Labute approximate surface area is 186 Å². The third-order valence-corrected chi connectivity index (χ3v) is 7.51. The number of fused-ring (bicyclic) bond motifs is 4. The molecule has 5 rings (SSSR count). The van der Waals surface area contributed by atoms with Crippen molar-refractivity contribution in [2.75, 3.05) is 49.4 Å². The normalized spacial score (nSPS) is 24.2. The van der Waals surface area contributed by atoms with E-state index in [4.69, 9.17) is 14.7 Å². The summed E-state index contributed by atoms with van der Waals surface area (Å²) in [6.45, 7) is 5.95. The number of hydrogen-bond donors (Lipinski definition) is 2. The lowest BCUT2D eigenvalue weighted by molar-refractivity contribution is 0.122. The zero-order valence-electron chi connectivity index (χ0n) is 18.1. The molecule has 0 saturated carbocycles. The van der Waals surface area contributed by atoms with Crippen LogP contribution in [0.3, 0.4) is 0 Å². The van der Waals surface area contributed by atoms with Crippen molar-refractivity contribution >= 4 is 22.9 Å². The third-order valence-electron chi connectivity index (χ3n) is 6.37. The van der Waals surface area contributed by atoms with Crippen LogP contribution in [0.5, 0.6) is 0 Å². The highest BCUT2D eigenvalue weighted by Gasteiger charge is 2.48. The van der Waals surface area contributed by atoms with Gasteiger partial charge in [-0.1, -0.05) is 6.92 Å². The van der Waals surface area contributed by atoms with Crippen LogP contribution in [0.15, 0.2) is 24.3 Å². The Hall–Kier alpha value is -1.91. The smallest absolute Gasteiger partial charge is 0.161 e. The summed E-state index contributed by atoms with van der Waals surface area (Å²) in [5.74, 6) is 1.76. The highest BCUT2D eigenvalue weighted by molar-refractivity contribution is 7.88. The summed E-state index contributed by atoms with van der Waals surface area (Å²) in [6.07, 6.45) is 4.70. The summed E-state index contributed by atoms with van der Waals surface area (Å²) in [4.78, 5) is 12.4. The molecule has 3 aliphatic rings. The molecule has 1 aromatic heterocycles. The predicted octanol–water partition coefficient (Wildman–Crippen LogP) is 2.27. The Morgan fingerprint density at radius 2 is 1.94 bits per heavy atom. The Bertz CT molecular complexity index is 919. The Morgan fingerprint density at radius 1 is 1.16 bits per heavy atom. The number of hydrogen-bond acceptors (Lipinski definition) is 8. The molecule has 8 nitrogen and oxygen atoms in total. The first kappa shape index (κ1) is 21.0. The SMILES string of the molecule is CCNNc1ccc(-c2nc3c(c(N4CCOCC4)n2)C2CCC(C3)N2[S+](C)[O-])cc1. The van der Waals surface area contributed by atoms with E-state index in [0.29, 0.717) is 19.3 Å². The van der Waals surface area contributed by atoms with Crippen molar-refractivity contribution in [2.24, 2.45) is 0 Å². The lowest BCUT2D eigenvalue weighted by Gasteiger charge is -2.37. The summed E-state index contributed by atoms with van der Waals surface area (Å²) >= 11 is -0.995. The van der Waals surface area contributed by atoms with Crippen molar-refractivity contribution in [3.05, 3.63) is 35.5 Å². The summed E-state index contributed by atoms with van der Waals surface area (Å²) in [5.41, 5.74) is 10.6. The van der Waals surface area contributed by atoms with E-state index < -0.39 is 11.4 Å². The molecule has 0 aliphatic carbocycles. The lowest BCUT2D eigenvalue weighted by Crippen LogP contribution is -2.44. The maximum Gasteiger partial charge on any atom is 0.161 e. The van der Waals surface area contributed by atoms with E-state index >= 15 is 0 Å². The van der Waals surface area contributed by atoms with Gasteiger partial charge >= 0.3 is 0 Å². The molecule has 4 heterocycles. The highest BCUT2D eigenvalue weighted by atomic mass is 32.2. The monoisotopic (exact) mass is 442 g/mol. The minimum absolute atomic E-state index is 0.137. The average Bonchev–Trinajstić information content (AvgIpc) is 3.12. The van der Waals surface area contributed by atoms with Crippen molar-refractivity contribution in [1.29, 1.82) is 0 Å². The zero-order valence-corrected chi connectivity index (χ0v) is 19.0. The first-order valence-electron chi connectivity index (χ1n) is 11.1. The molecule has 0 radical (unpaired) electrons. The summed E-state index contributed by atoms with van der Waals surface area (Å²) in [5, 5.41) is 0. The standard InChI is InChI=1S/C22H30N6O2S/c1-3-23-26-16-6-4-15(5-7-16)21-24-18-14-17-8-9-19(28(17)31(2)29)20(18)22(25-21)27-10-12-30-13-11-27/h4-7,17,19,23,26H,3,8-14H2,1-2H3. The van der Waals surface area contributed by atoms with Gasteiger partial charge in [-0.15, -0.1) is 4.31 Å². The van der Waals surface area contributed by atoms with Gasteiger partial charge in [-0.3, -0.25) is 0 Å². The molecule has 2 fully saturated rings. The fourth-order valence-electron chi connectivity index (χ4n) is 4.97. The Morgan fingerprint density at radius 3 is 2.65 bits per heavy atom. The van der Waals surface area contributed by atoms with E-state index in [1.54, 1.807) is 6.26 Å². The fourth-order valence-corrected chi connectivity index (χ4v) is 6.14. The second-order valence-electron chi connectivity index (χ2n) is 8.30. The molecule has 1 aromatic carbocycles. The molecule has 2 saturated heterocycles. The third kappa shape index (κ3) is 4.01. The van der Waals surface area contributed by atoms with Crippen molar-refractivity contribution in [3.63, 3.8) is 0 Å². The minimum atomic E-state index is -0.995. The van der Waals surface area contributed by atoms with E-state index in [2.05, 4.69) is 39.1 Å². The maximum atomic E-state index is 12.5. The first-order valence-corrected chi connectivity index (χ1v) is 12.6. The number of rotatable bonds is 6.